The fraction of sp³-hybridized carbons (Fsp3) is 0.740. The highest BCUT2D eigenvalue weighted by Gasteiger charge is 2.76. The molecular formula is C50H73BrCl9F7O10. The molecule has 2 saturated heterocycles. The summed E-state index contributed by atoms with van der Waals surface area (Å²) in [5.74, 6) is -12.7. The third kappa shape index (κ3) is 42.7. The van der Waals surface area contributed by atoms with Crippen molar-refractivity contribution in [3.8, 4) is 0 Å². The molecule has 0 aromatic heterocycles. The van der Waals surface area contributed by atoms with Gasteiger partial charge in [0.2, 0.25) is 15.7 Å². The van der Waals surface area contributed by atoms with Crippen molar-refractivity contribution in [3.63, 3.8) is 0 Å². The van der Waals surface area contributed by atoms with E-state index in [1.54, 1.807) is 53.7 Å². The zero-order valence-electron chi connectivity index (χ0n) is 45.2. The van der Waals surface area contributed by atoms with Gasteiger partial charge in [-0.1, -0.05) is 125 Å². The summed E-state index contributed by atoms with van der Waals surface area (Å²) in [5, 5.41) is -5.79. The van der Waals surface area contributed by atoms with Gasteiger partial charge < -0.3 is 14.2 Å². The molecule has 0 amide bonds. The van der Waals surface area contributed by atoms with Gasteiger partial charge in [-0.05, 0) is 173 Å². The topological polar surface area (TPSA) is 147 Å². The van der Waals surface area contributed by atoms with Crippen molar-refractivity contribution in [2.45, 2.75) is 205 Å². The highest BCUT2D eigenvalue weighted by atomic mass is 79.9. The van der Waals surface area contributed by atoms with Crippen LogP contribution in [0.4, 0.5) is 30.7 Å². The minimum Gasteiger partial charge on any atom is -0.450 e. The Morgan fingerprint density at radius 3 is 1.30 bits per heavy atom. The summed E-state index contributed by atoms with van der Waals surface area (Å²) in [6, 6.07) is 7.60. The molecule has 3 atom stereocenters. The number of unbranched alkanes of at least 4 members (excludes halogenated alkanes) is 4. The maximum atomic E-state index is 11.9. The average Bonchev–Trinajstić information content (AvgIpc) is 3.29. The van der Waals surface area contributed by atoms with Crippen LogP contribution in [0.15, 0.2) is 24.3 Å². The van der Waals surface area contributed by atoms with Crippen LogP contribution >= 0.6 is 120 Å². The van der Waals surface area contributed by atoms with Crippen LogP contribution < -0.4 is 0 Å². The molecule has 0 radical (unpaired) electrons. The average molecular weight is 1370 g/mol. The Balaban J connectivity index is -0.000000262. The van der Waals surface area contributed by atoms with Gasteiger partial charge in [-0.2, -0.15) is 30.7 Å². The number of rotatable bonds is 15. The number of esters is 1. The molecular weight excluding hydrogens is 1290 g/mol. The summed E-state index contributed by atoms with van der Waals surface area (Å²) in [6.07, 6.45) is 8.75. The molecule has 10 nitrogen and oxygen atoms in total. The van der Waals surface area contributed by atoms with Crippen molar-refractivity contribution in [3.05, 3.63) is 35.4 Å². The van der Waals surface area contributed by atoms with E-state index in [0.29, 0.717) is 5.56 Å². The summed E-state index contributed by atoms with van der Waals surface area (Å²) in [7, 11) is 0. The molecule has 77 heavy (non-hydrogen) atoms. The highest BCUT2D eigenvalue weighted by Crippen LogP contribution is 2.47. The molecule has 3 rings (SSSR count). The fourth-order valence-electron chi connectivity index (χ4n) is 4.49. The van der Waals surface area contributed by atoms with Gasteiger partial charge in [0, 0.05) is 37.0 Å². The molecule has 1 aromatic carbocycles. The Bertz CT molecular complexity index is 1890. The zero-order chi connectivity index (χ0) is 62.0. The summed E-state index contributed by atoms with van der Waals surface area (Å²) in [4.78, 5) is 71.5. The van der Waals surface area contributed by atoms with E-state index in [0.717, 1.165) is 38.9 Å². The summed E-state index contributed by atoms with van der Waals surface area (Å²) >= 11 is 49.8. The molecule has 0 N–H and O–H groups in total. The Kier molecular flexibility index (Phi) is 45.6. The number of hydrogen-bond acceptors (Lipinski definition) is 10. The quantitative estimate of drug-likeness (QED) is 0.0546. The van der Waals surface area contributed by atoms with Crippen molar-refractivity contribution in [1.82, 2.24) is 0 Å². The molecule has 0 aliphatic carbocycles. The van der Waals surface area contributed by atoms with Crippen molar-refractivity contribution in [2.75, 3.05) is 19.1 Å². The largest absolute Gasteiger partial charge is 0.460 e. The Labute approximate surface area is 503 Å². The normalized spacial score (nSPS) is 17.7. The molecule has 0 saturated carbocycles. The van der Waals surface area contributed by atoms with Crippen molar-refractivity contribution in [2.24, 2.45) is 10.8 Å². The van der Waals surface area contributed by atoms with Crippen LogP contribution in [0.3, 0.4) is 0 Å². The SMILES string of the molecule is CC(=O)OC(C)(C)C(=O)Cl.CC(Br)C(=O)Cl.CC(C)(C)C(=O)Cl.CC(C)(CCl)C(=O)Cl.CC1(Cl)CCCCO1.CCC1(Cl)CCCCO1.CCCCCCCc1ccc(C(=O)Cl)cc1.O=C(Cl)C(F)(F)C(F)(F)C(F)(F)F. The van der Waals surface area contributed by atoms with Crippen LogP contribution in [-0.4, -0.2) is 95.1 Å². The maximum Gasteiger partial charge on any atom is 0.460 e. The van der Waals surface area contributed by atoms with E-state index in [4.69, 9.17) is 102 Å². The predicted octanol–water partition coefficient (Wildman–Crippen LogP) is 18.3. The van der Waals surface area contributed by atoms with Crippen LogP contribution in [0.1, 0.15) is 176 Å². The summed E-state index contributed by atoms with van der Waals surface area (Å²) in [6.45, 7) is 22.4. The second-order valence-electron chi connectivity index (χ2n) is 19.1. The smallest absolute Gasteiger partial charge is 0.450 e. The number of halogens is 17. The van der Waals surface area contributed by atoms with E-state index in [2.05, 4.69) is 46.1 Å². The molecule has 2 aliphatic heterocycles. The first kappa shape index (κ1) is 85.0. The summed E-state index contributed by atoms with van der Waals surface area (Å²) in [5.41, 5.74) is -0.271. The molecule has 452 valence electrons. The van der Waals surface area contributed by atoms with E-state index in [-0.39, 0.29) is 47.2 Å². The van der Waals surface area contributed by atoms with Gasteiger partial charge in [0.25, 0.3) is 15.7 Å². The minimum atomic E-state index is -6.53. The van der Waals surface area contributed by atoms with Crippen molar-refractivity contribution < 1.29 is 78.5 Å². The lowest BCUT2D eigenvalue weighted by Crippen LogP contribution is -2.54. The van der Waals surface area contributed by atoms with Crippen molar-refractivity contribution in [1.29, 1.82) is 0 Å². The van der Waals surface area contributed by atoms with Gasteiger partial charge >= 0.3 is 24.0 Å². The molecule has 0 bridgehead atoms. The van der Waals surface area contributed by atoms with E-state index < -0.39 is 45.5 Å². The van der Waals surface area contributed by atoms with Gasteiger partial charge in [-0.25, -0.2) is 0 Å². The third-order valence-corrected chi connectivity index (χ3v) is 14.2. The molecule has 3 unspecified atom stereocenters. The third-order valence-electron chi connectivity index (χ3n) is 9.64. The highest BCUT2D eigenvalue weighted by molar-refractivity contribution is 9.10. The van der Waals surface area contributed by atoms with Crippen molar-refractivity contribution >= 4 is 158 Å². The van der Waals surface area contributed by atoms with Gasteiger partial charge in [0.15, 0.2) is 5.60 Å². The number of carbonyl (C=O) groups excluding carboxylic acids is 7. The summed E-state index contributed by atoms with van der Waals surface area (Å²) < 4.78 is 96.2. The molecule has 27 heteroatoms. The van der Waals surface area contributed by atoms with Gasteiger partial charge in [-0.3, -0.25) is 33.6 Å². The van der Waals surface area contributed by atoms with Crippen LogP contribution in [0.2, 0.25) is 0 Å². The number of carbonyl (C=O) groups is 7. The molecule has 2 aliphatic rings. The zero-order valence-corrected chi connectivity index (χ0v) is 53.6. The molecule has 1 aromatic rings. The van der Waals surface area contributed by atoms with Crippen LogP contribution in [0.25, 0.3) is 0 Å². The number of ether oxygens (including phenoxy) is 3. The number of benzene rings is 1. The van der Waals surface area contributed by atoms with Gasteiger partial charge in [-0.15, -0.1) is 11.6 Å². The first-order valence-electron chi connectivity index (χ1n) is 23.8. The van der Waals surface area contributed by atoms with E-state index in [1.807, 2.05) is 19.1 Å². The lowest BCUT2D eigenvalue weighted by atomic mass is 9.99. The maximum absolute atomic E-state index is 11.9. The first-order valence-corrected chi connectivity index (χ1v) is 28.2. The van der Waals surface area contributed by atoms with Gasteiger partial charge in [0.1, 0.15) is 10.1 Å². The Morgan fingerprint density at radius 1 is 0.675 bits per heavy atom. The molecule has 2 fully saturated rings. The van der Waals surface area contributed by atoms with E-state index >= 15 is 0 Å². The van der Waals surface area contributed by atoms with Crippen LogP contribution in [-0.2, 0) is 49.4 Å². The second-order valence-corrected chi connectivity index (χ2v) is 24.3. The number of hydrogen-bond donors (Lipinski definition) is 0. The second kappa shape index (κ2) is 41.3. The fourth-order valence-corrected chi connectivity index (χ4v) is 5.45. The Morgan fingerprint density at radius 2 is 1.10 bits per heavy atom. The van der Waals surface area contributed by atoms with E-state index in [1.165, 1.54) is 84.1 Å². The number of aryl methyl sites for hydroxylation is 1. The first-order chi connectivity index (χ1) is 34.6. The Hall–Kier alpha value is -0.770. The monoisotopic (exact) mass is 1360 g/mol. The molecule has 0 spiro atoms. The predicted molar refractivity (Wildman–Crippen MR) is 300 cm³/mol. The van der Waals surface area contributed by atoms with Gasteiger partial charge in [0.05, 0.1) is 10.2 Å². The lowest BCUT2D eigenvalue weighted by molar-refractivity contribution is -0.341. The number of alkyl halides is 11. The van der Waals surface area contributed by atoms with Crippen LogP contribution in [0.5, 0.6) is 0 Å². The van der Waals surface area contributed by atoms with Crippen LogP contribution in [0, 0.1) is 10.8 Å². The standard InChI is InChI=1S/C14H19ClO.C7H13ClO.C6H9ClO3.C6H11ClO.C5H8Cl2O.C5H9ClO.C4ClF7O.C3H4BrClO/c1-2-3-4-5-6-7-12-8-10-13(11-9-12)14(15)16;1-2-7(8)5-3-4-6-9-7;1-4(8)10-6(2,3)5(7)9;1-6(7)4-2-3-5-8-6;1-5(2,3-6)4(7)8;1-5(2,3)4(6)7;5-1(13)2(6,7)3(8,9)4(10,11)12;1-2(4)3(5)6/h8-11H,2-7H2,1H3;2-6H2,1H3;1-3H3;2-5H2,1H3;3H2,1-2H3;1-3H3;;2H,1H3. The van der Waals surface area contributed by atoms with E-state index in [9.17, 15) is 64.3 Å². The molecule has 2 heterocycles. The lowest BCUT2D eigenvalue weighted by Gasteiger charge is -2.29. The minimum absolute atomic E-state index is 0.209.